The van der Waals surface area contributed by atoms with E-state index in [2.05, 4.69) is 5.32 Å². The van der Waals surface area contributed by atoms with Gasteiger partial charge in [-0.15, -0.1) is 0 Å². The van der Waals surface area contributed by atoms with Gasteiger partial charge in [-0.25, -0.2) is 4.79 Å². The minimum atomic E-state index is -1.11. The number of carbonyl (C=O) groups excluding carboxylic acids is 1. The maximum atomic E-state index is 11.7. The zero-order valence-electron chi connectivity index (χ0n) is 10.2. The first-order valence-corrected chi connectivity index (χ1v) is 5.47. The van der Waals surface area contributed by atoms with Gasteiger partial charge in [-0.05, 0) is 18.6 Å². The fraction of sp³-hybridized carbons (Fsp3) is 0.500. The topological polar surface area (TPSA) is 79.5 Å². The zero-order valence-corrected chi connectivity index (χ0v) is 10.2. The van der Waals surface area contributed by atoms with Crippen molar-refractivity contribution in [3.63, 3.8) is 0 Å². The summed E-state index contributed by atoms with van der Waals surface area (Å²) in [6, 6.07) is 2.91. The summed E-state index contributed by atoms with van der Waals surface area (Å²) in [6.07, 6.45) is 0.733. The lowest BCUT2D eigenvalue weighted by Gasteiger charge is -2.20. The highest BCUT2D eigenvalue weighted by atomic mass is 16.4. The fourth-order valence-electron chi connectivity index (χ4n) is 1.16. The molecule has 0 spiro atoms. The second-order valence-corrected chi connectivity index (χ2v) is 4.49. The summed E-state index contributed by atoms with van der Waals surface area (Å²) < 4.78 is 5.03. The molecule has 1 aromatic rings. The lowest BCUT2D eigenvalue weighted by molar-refractivity contribution is -0.129. The molecule has 5 nitrogen and oxygen atoms in total. The molecule has 0 fully saturated rings. The van der Waals surface area contributed by atoms with E-state index < -0.39 is 11.4 Å². The number of carbonyl (C=O) groups is 2. The predicted molar refractivity (Wildman–Crippen MR) is 61.6 cm³/mol. The van der Waals surface area contributed by atoms with Gasteiger partial charge in [0.15, 0.2) is 0 Å². The Morgan fingerprint density at radius 2 is 2.06 bits per heavy atom. The molecule has 0 aromatic carbocycles. The number of hydrogen-bond donors (Lipinski definition) is 2. The van der Waals surface area contributed by atoms with Crippen LogP contribution in [0.1, 0.15) is 43.5 Å². The highest BCUT2D eigenvalue weighted by Crippen LogP contribution is 2.19. The summed E-state index contributed by atoms with van der Waals surface area (Å²) in [5, 5.41) is 11.4. The number of carboxylic acid groups (broad SMARTS) is 1. The van der Waals surface area contributed by atoms with Gasteiger partial charge in [-0.3, -0.25) is 4.79 Å². The Kier molecular flexibility index (Phi) is 3.93. The average molecular weight is 239 g/mol. The Hall–Kier alpha value is -1.78. The molecule has 0 saturated carbocycles. The number of hydrogen-bond acceptors (Lipinski definition) is 3. The van der Waals surface area contributed by atoms with Crippen LogP contribution in [0.4, 0.5) is 0 Å². The van der Waals surface area contributed by atoms with Crippen LogP contribution in [0.15, 0.2) is 16.5 Å². The van der Waals surface area contributed by atoms with E-state index in [4.69, 9.17) is 9.52 Å². The van der Waals surface area contributed by atoms with Crippen molar-refractivity contribution < 1.29 is 19.1 Å². The van der Waals surface area contributed by atoms with Gasteiger partial charge < -0.3 is 14.8 Å². The SMILES string of the molecule is CCC(C)(C)C(=O)NCc1ccc(C(=O)O)o1. The molecule has 0 radical (unpaired) electrons. The van der Waals surface area contributed by atoms with E-state index in [9.17, 15) is 9.59 Å². The van der Waals surface area contributed by atoms with E-state index >= 15 is 0 Å². The molecular weight excluding hydrogens is 222 g/mol. The molecule has 0 aliphatic heterocycles. The van der Waals surface area contributed by atoms with Crippen LogP contribution in [-0.4, -0.2) is 17.0 Å². The Bertz CT molecular complexity index is 420. The smallest absolute Gasteiger partial charge is 0.371 e. The minimum Gasteiger partial charge on any atom is -0.475 e. The maximum absolute atomic E-state index is 11.7. The third-order valence-electron chi connectivity index (χ3n) is 2.79. The lowest BCUT2D eigenvalue weighted by Crippen LogP contribution is -2.35. The van der Waals surface area contributed by atoms with Gasteiger partial charge in [0.1, 0.15) is 5.76 Å². The highest BCUT2D eigenvalue weighted by Gasteiger charge is 2.25. The summed E-state index contributed by atoms with van der Waals surface area (Å²) in [7, 11) is 0. The predicted octanol–water partition coefficient (Wildman–Crippen LogP) is 2.03. The second-order valence-electron chi connectivity index (χ2n) is 4.49. The largest absolute Gasteiger partial charge is 0.475 e. The average Bonchev–Trinajstić information content (AvgIpc) is 2.74. The number of nitrogens with one attached hydrogen (secondary N) is 1. The van der Waals surface area contributed by atoms with Crippen LogP contribution >= 0.6 is 0 Å². The first-order valence-electron chi connectivity index (χ1n) is 5.47. The van der Waals surface area contributed by atoms with Crippen molar-refractivity contribution >= 4 is 11.9 Å². The Morgan fingerprint density at radius 3 is 2.53 bits per heavy atom. The van der Waals surface area contributed by atoms with Crippen LogP contribution in [-0.2, 0) is 11.3 Å². The molecule has 1 amide bonds. The van der Waals surface area contributed by atoms with Gasteiger partial charge in [-0.1, -0.05) is 20.8 Å². The van der Waals surface area contributed by atoms with Crippen molar-refractivity contribution in [3.05, 3.63) is 23.7 Å². The van der Waals surface area contributed by atoms with Crippen molar-refractivity contribution in [1.29, 1.82) is 0 Å². The molecule has 2 N–H and O–H groups in total. The first kappa shape index (κ1) is 13.3. The fourth-order valence-corrected chi connectivity index (χ4v) is 1.16. The van der Waals surface area contributed by atoms with Crippen molar-refractivity contribution in [3.8, 4) is 0 Å². The number of amides is 1. The molecule has 17 heavy (non-hydrogen) atoms. The third-order valence-corrected chi connectivity index (χ3v) is 2.79. The molecule has 0 unspecified atom stereocenters. The normalized spacial score (nSPS) is 11.2. The quantitative estimate of drug-likeness (QED) is 0.823. The zero-order chi connectivity index (χ0) is 13.1. The highest BCUT2D eigenvalue weighted by molar-refractivity contribution is 5.84. The Labute approximate surface area is 99.8 Å². The molecular formula is C12H17NO4. The summed E-state index contributed by atoms with van der Waals surface area (Å²) in [4.78, 5) is 22.3. The van der Waals surface area contributed by atoms with Gasteiger partial charge >= 0.3 is 5.97 Å². The summed E-state index contributed by atoms with van der Waals surface area (Å²) in [6.45, 7) is 5.85. The summed E-state index contributed by atoms with van der Waals surface area (Å²) in [5.74, 6) is -0.878. The van der Waals surface area contributed by atoms with Crippen LogP contribution < -0.4 is 5.32 Å². The van der Waals surface area contributed by atoms with E-state index in [1.807, 2.05) is 20.8 Å². The van der Waals surface area contributed by atoms with Gasteiger partial charge in [0.05, 0.1) is 6.54 Å². The monoisotopic (exact) mass is 239 g/mol. The molecule has 1 heterocycles. The molecule has 5 heteroatoms. The molecule has 1 rings (SSSR count). The molecule has 0 saturated heterocycles. The first-order chi connectivity index (χ1) is 7.86. The van der Waals surface area contributed by atoms with E-state index in [0.29, 0.717) is 5.76 Å². The number of furan rings is 1. The number of aromatic carboxylic acids is 1. The summed E-state index contributed by atoms with van der Waals surface area (Å²) in [5.41, 5.74) is -0.428. The minimum absolute atomic E-state index is 0.0757. The van der Waals surface area contributed by atoms with Gasteiger partial charge in [0.2, 0.25) is 11.7 Å². The molecule has 0 aliphatic rings. The van der Waals surface area contributed by atoms with Crippen LogP contribution in [0.25, 0.3) is 0 Å². The van der Waals surface area contributed by atoms with E-state index in [0.717, 1.165) is 6.42 Å². The van der Waals surface area contributed by atoms with Crippen LogP contribution in [0.2, 0.25) is 0 Å². The van der Waals surface area contributed by atoms with Gasteiger partial charge in [0.25, 0.3) is 0 Å². The van der Waals surface area contributed by atoms with Gasteiger partial charge in [-0.2, -0.15) is 0 Å². The van der Waals surface area contributed by atoms with Crippen LogP contribution in [0.3, 0.4) is 0 Å². The molecule has 0 atom stereocenters. The van der Waals surface area contributed by atoms with Crippen molar-refractivity contribution in [2.75, 3.05) is 0 Å². The van der Waals surface area contributed by atoms with Crippen LogP contribution in [0.5, 0.6) is 0 Å². The lowest BCUT2D eigenvalue weighted by atomic mass is 9.89. The van der Waals surface area contributed by atoms with Crippen molar-refractivity contribution in [2.45, 2.75) is 33.7 Å². The maximum Gasteiger partial charge on any atom is 0.371 e. The van der Waals surface area contributed by atoms with Gasteiger partial charge in [0, 0.05) is 5.41 Å². The molecule has 1 aromatic heterocycles. The van der Waals surface area contributed by atoms with Crippen molar-refractivity contribution in [1.82, 2.24) is 5.32 Å². The van der Waals surface area contributed by atoms with E-state index in [-0.39, 0.29) is 18.2 Å². The molecule has 94 valence electrons. The molecule has 0 aliphatic carbocycles. The van der Waals surface area contributed by atoms with E-state index in [1.54, 1.807) is 6.07 Å². The Balaban J connectivity index is 2.56. The van der Waals surface area contributed by atoms with Crippen molar-refractivity contribution in [2.24, 2.45) is 5.41 Å². The second kappa shape index (κ2) is 5.03. The Morgan fingerprint density at radius 1 is 1.41 bits per heavy atom. The number of carboxylic acids is 1. The standard InChI is InChI=1S/C12H17NO4/c1-4-12(2,3)11(16)13-7-8-5-6-9(17-8)10(14)15/h5-6H,4,7H2,1-3H3,(H,13,16)(H,14,15). The number of rotatable bonds is 5. The third kappa shape index (κ3) is 3.34. The van der Waals surface area contributed by atoms with E-state index in [1.165, 1.54) is 6.07 Å². The summed E-state index contributed by atoms with van der Waals surface area (Å²) >= 11 is 0. The van der Waals surface area contributed by atoms with Crippen LogP contribution in [0, 0.1) is 5.41 Å². The molecule has 0 bridgehead atoms.